The molecule has 0 saturated heterocycles. The Hall–Kier alpha value is -1.71. The number of halogens is 2. The largest absolute Gasteiger partial charge is 0.493 e. The predicted octanol–water partition coefficient (Wildman–Crippen LogP) is 5.41. The van der Waals surface area contributed by atoms with Crippen LogP contribution in [-0.4, -0.2) is 12.5 Å². The number of rotatable bonds is 6. The Kier molecular flexibility index (Phi) is 6.31. The minimum Gasteiger partial charge on any atom is -0.493 e. The summed E-state index contributed by atoms with van der Waals surface area (Å²) >= 11 is 11.9. The van der Waals surface area contributed by atoms with Gasteiger partial charge < -0.3 is 10.1 Å². The Bertz CT molecular complexity index is 701. The van der Waals surface area contributed by atoms with Gasteiger partial charge in [-0.2, -0.15) is 0 Å². The fourth-order valence-corrected chi connectivity index (χ4v) is 2.55. The van der Waals surface area contributed by atoms with Crippen LogP contribution in [0.15, 0.2) is 36.4 Å². The molecule has 2 rings (SSSR count). The number of benzene rings is 2. The summed E-state index contributed by atoms with van der Waals surface area (Å²) in [6, 6.07) is 10.9. The van der Waals surface area contributed by atoms with Crippen molar-refractivity contribution in [2.45, 2.75) is 26.7 Å². The summed E-state index contributed by atoms with van der Waals surface area (Å²) in [6.07, 6.45) is 1.02. The SMILES string of the molecule is Cc1cc(Cl)ccc1OCCCC(=O)Nc1cccc(Cl)c1C. The molecule has 1 N–H and O–H groups in total. The molecule has 0 bridgehead atoms. The highest BCUT2D eigenvalue weighted by Crippen LogP contribution is 2.23. The van der Waals surface area contributed by atoms with Gasteiger partial charge in [0.2, 0.25) is 5.91 Å². The zero-order valence-electron chi connectivity index (χ0n) is 13.2. The topological polar surface area (TPSA) is 38.3 Å². The van der Waals surface area contributed by atoms with Crippen LogP contribution in [0.5, 0.6) is 5.75 Å². The molecular formula is C18H19Cl2NO2. The summed E-state index contributed by atoms with van der Waals surface area (Å²) in [5, 5.41) is 4.20. The summed E-state index contributed by atoms with van der Waals surface area (Å²) in [5.74, 6) is 0.743. The van der Waals surface area contributed by atoms with Crippen LogP contribution in [0.4, 0.5) is 5.69 Å². The summed E-state index contributed by atoms with van der Waals surface area (Å²) in [5.41, 5.74) is 2.60. The average Bonchev–Trinajstić information content (AvgIpc) is 2.50. The maximum absolute atomic E-state index is 12.0. The first-order chi connectivity index (χ1) is 11.0. The Morgan fingerprint density at radius 1 is 1.17 bits per heavy atom. The van der Waals surface area contributed by atoms with Gasteiger partial charge in [0.15, 0.2) is 0 Å². The van der Waals surface area contributed by atoms with E-state index in [-0.39, 0.29) is 5.91 Å². The van der Waals surface area contributed by atoms with E-state index in [1.54, 1.807) is 12.1 Å². The van der Waals surface area contributed by atoms with Crippen LogP contribution in [0, 0.1) is 13.8 Å². The fourth-order valence-electron chi connectivity index (χ4n) is 2.15. The lowest BCUT2D eigenvalue weighted by molar-refractivity contribution is -0.116. The molecule has 5 heteroatoms. The molecule has 0 radical (unpaired) electrons. The highest BCUT2D eigenvalue weighted by molar-refractivity contribution is 6.31. The van der Waals surface area contributed by atoms with Crippen LogP contribution in [-0.2, 0) is 4.79 Å². The Morgan fingerprint density at radius 3 is 2.70 bits per heavy atom. The summed E-state index contributed by atoms with van der Waals surface area (Å²) in [6.45, 7) is 4.30. The molecule has 0 fully saturated rings. The number of amides is 1. The fraction of sp³-hybridized carbons (Fsp3) is 0.278. The Balaban J connectivity index is 1.78. The van der Waals surface area contributed by atoms with Crippen molar-refractivity contribution in [2.24, 2.45) is 0 Å². The zero-order valence-corrected chi connectivity index (χ0v) is 14.7. The molecule has 0 saturated carbocycles. The second kappa shape index (κ2) is 8.23. The number of carbonyl (C=O) groups is 1. The normalized spacial score (nSPS) is 10.4. The number of hydrogen-bond acceptors (Lipinski definition) is 2. The van der Waals surface area contributed by atoms with Crippen molar-refractivity contribution in [3.8, 4) is 5.75 Å². The smallest absolute Gasteiger partial charge is 0.224 e. The van der Waals surface area contributed by atoms with Gasteiger partial charge in [-0.15, -0.1) is 0 Å². The Morgan fingerprint density at radius 2 is 1.96 bits per heavy atom. The van der Waals surface area contributed by atoms with Crippen molar-refractivity contribution >= 4 is 34.8 Å². The monoisotopic (exact) mass is 351 g/mol. The first-order valence-corrected chi connectivity index (χ1v) is 8.17. The van der Waals surface area contributed by atoms with Crippen molar-refractivity contribution in [1.29, 1.82) is 0 Å². The maximum Gasteiger partial charge on any atom is 0.224 e. The van der Waals surface area contributed by atoms with E-state index in [1.807, 2.05) is 38.1 Å². The lowest BCUT2D eigenvalue weighted by Crippen LogP contribution is -2.13. The molecule has 1 amide bonds. The van der Waals surface area contributed by atoms with Crippen LogP contribution < -0.4 is 10.1 Å². The van der Waals surface area contributed by atoms with Crippen molar-refractivity contribution in [3.63, 3.8) is 0 Å². The molecule has 23 heavy (non-hydrogen) atoms. The molecule has 0 unspecified atom stereocenters. The van der Waals surface area contributed by atoms with E-state index in [1.165, 1.54) is 0 Å². The van der Waals surface area contributed by atoms with Gasteiger partial charge in [-0.05, 0) is 61.7 Å². The molecule has 122 valence electrons. The van der Waals surface area contributed by atoms with Gasteiger partial charge in [0.05, 0.1) is 6.61 Å². The van der Waals surface area contributed by atoms with E-state index in [2.05, 4.69) is 5.32 Å². The third-order valence-electron chi connectivity index (χ3n) is 3.48. The molecule has 0 spiro atoms. The van der Waals surface area contributed by atoms with Gasteiger partial charge in [0.25, 0.3) is 0 Å². The van der Waals surface area contributed by atoms with E-state index < -0.39 is 0 Å². The van der Waals surface area contributed by atoms with Crippen molar-refractivity contribution in [2.75, 3.05) is 11.9 Å². The standard InChI is InChI=1S/C18H19Cl2NO2/c1-12-11-14(19)8-9-17(12)23-10-4-7-18(22)21-16-6-3-5-15(20)13(16)2/h3,5-6,8-9,11H,4,7,10H2,1-2H3,(H,21,22). The number of hydrogen-bond donors (Lipinski definition) is 1. The molecular weight excluding hydrogens is 333 g/mol. The highest BCUT2D eigenvalue weighted by atomic mass is 35.5. The minimum atomic E-state index is -0.0493. The quantitative estimate of drug-likeness (QED) is 0.706. The van der Waals surface area contributed by atoms with Crippen LogP contribution in [0.25, 0.3) is 0 Å². The highest BCUT2D eigenvalue weighted by Gasteiger charge is 2.07. The number of ether oxygens (including phenoxy) is 1. The number of carbonyl (C=O) groups excluding carboxylic acids is 1. The summed E-state index contributed by atoms with van der Waals surface area (Å²) < 4.78 is 5.68. The number of aryl methyl sites for hydroxylation is 1. The zero-order chi connectivity index (χ0) is 16.8. The van der Waals surface area contributed by atoms with Crippen LogP contribution in [0.2, 0.25) is 10.0 Å². The van der Waals surface area contributed by atoms with Gasteiger partial charge in [-0.25, -0.2) is 0 Å². The molecule has 3 nitrogen and oxygen atoms in total. The number of anilines is 1. The third-order valence-corrected chi connectivity index (χ3v) is 4.13. The second-order valence-corrected chi connectivity index (χ2v) is 6.17. The van der Waals surface area contributed by atoms with Crippen molar-refractivity contribution < 1.29 is 9.53 Å². The maximum atomic E-state index is 12.0. The third kappa shape index (κ3) is 5.15. The van der Waals surface area contributed by atoms with Crippen LogP contribution in [0.1, 0.15) is 24.0 Å². The average molecular weight is 352 g/mol. The lowest BCUT2D eigenvalue weighted by atomic mass is 10.2. The second-order valence-electron chi connectivity index (χ2n) is 5.32. The molecule has 0 aliphatic carbocycles. The molecule has 0 aliphatic heterocycles. The minimum absolute atomic E-state index is 0.0493. The molecule has 0 atom stereocenters. The molecule has 0 aromatic heterocycles. The van der Waals surface area contributed by atoms with E-state index in [0.717, 1.165) is 22.6 Å². The van der Waals surface area contributed by atoms with Crippen molar-refractivity contribution in [3.05, 3.63) is 57.6 Å². The van der Waals surface area contributed by atoms with Crippen molar-refractivity contribution in [1.82, 2.24) is 0 Å². The molecule has 2 aromatic rings. The van der Waals surface area contributed by atoms with E-state index in [4.69, 9.17) is 27.9 Å². The Labute approximate surface area is 146 Å². The summed E-state index contributed by atoms with van der Waals surface area (Å²) in [4.78, 5) is 12.0. The van der Waals surface area contributed by atoms with Crippen LogP contribution in [0.3, 0.4) is 0 Å². The lowest BCUT2D eigenvalue weighted by Gasteiger charge is -2.11. The van der Waals surface area contributed by atoms with Crippen LogP contribution >= 0.6 is 23.2 Å². The molecule has 2 aromatic carbocycles. The first-order valence-electron chi connectivity index (χ1n) is 7.41. The van der Waals surface area contributed by atoms with Gasteiger partial charge in [-0.1, -0.05) is 29.3 Å². The van der Waals surface area contributed by atoms with Gasteiger partial charge in [0, 0.05) is 22.2 Å². The van der Waals surface area contributed by atoms with E-state index in [0.29, 0.717) is 29.5 Å². The molecule has 0 heterocycles. The summed E-state index contributed by atoms with van der Waals surface area (Å²) in [7, 11) is 0. The van der Waals surface area contributed by atoms with E-state index in [9.17, 15) is 4.79 Å². The number of nitrogens with one attached hydrogen (secondary N) is 1. The molecule has 0 aliphatic rings. The van der Waals surface area contributed by atoms with Gasteiger partial charge >= 0.3 is 0 Å². The van der Waals surface area contributed by atoms with Gasteiger partial charge in [0.1, 0.15) is 5.75 Å². The first kappa shape index (κ1) is 17.6. The van der Waals surface area contributed by atoms with E-state index >= 15 is 0 Å². The van der Waals surface area contributed by atoms with Gasteiger partial charge in [-0.3, -0.25) is 4.79 Å². The predicted molar refractivity (Wildman–Crippen MR) is 95.7 cm³/mol.